The third-order valence-electron chi connectivity index (χ3n) is 2.92. The van der Waals surface area contributed by atoms with Crippen molar-refractivity contribution >= 4 is 27.7 Å². The molecule has 0 radical (unpaired) electrons. The molecule has 3 aromatic rings. The molecule has 2 aromatic heterocycles. The summed E-state index contributed by atoms with van der Waals surface area (Å²) in [6.07, 6.45) is 0.808. The fourth-order valence-electron chi connectivity index (χ4n) is 2.03. The van der Waals surface area contributed by atoms with Crippen molar-refractivity contribution in [3.63, 3.8) is 0 Å². The van der Waals surface area contributed by atoms with Gasteiger partial charge in [-0.3, -0.25) is 0 Å². The number of ether oxygens (including phenoxy) is 1. The number of fused-ring (bicyclic) bond motifs is 1. The predicted molar refractivity (Wildman–Crippen MR) is 79.2 cm³/mol. The van der Waals surface area contributed by atoms with Crippen LogP contribution in [0.2, 0.25) is 0 Å². The smallest absolute Gasteiger partial charge is 0.354 e. The number of hydrogen-bond donors (Lipinski definition) is 1. The molecule has 2 heterocycles. The highest BCUT2D eigenvalue weighted by atomic mass is 32.1. The van der Waals surface area contributed by atoms with Gasteiger partial charge in [-0.15, -0.1) is 11.3 Å². The van der Waals surface area contributed by atoms with E-state index in [9.17, 15) is 4.79 Å². The van der Waals surface area contributed by atoms with Crippen molar-refractivity contribution in [2.45, 2.75) is 13.3 Å². The number of nitrogens with one attached hydrogen (secondary N) is 1. The Labute approximate surface area is 120 Å². The summed E-state index contributed by atoms with van der Waals surface area (Å²) in [7, 11) is 0. The Morgan fingerprint density at radius 3 is 2.85 bits per heavy atom. The van der Waals surface area contributed by atoms with E-state index in [1.807, 2.05) is 18.2 Å². The van der Waals surface area contributed by atoms with E-state index in [0.717, 1.165) is 21.8 Å². The second-order valence-electron chi connectivity index (χ2n) is 4.39. The Bertz CT molecular complexity index is 699. The monoisotopic (exact) mass is 286 g/mol. The van der Waals surface area contributed by atoms with Crippen LogP contribution in [0.15, 0.2) is 36.4 Å². The molecule has 5 heteroatoms. The highest BCUT2D eigenvalue weighted by Crippen LogP contribution is 2.24. The minimum Gasteiger partial charge on any atom is -0.461 e. The van der Waals surface area contributed by atoms with Gasteiger partial charge in [0.05, 0.1) is 11.6 Å². The minimum atomic E-state index is -0.331. The number of rotatable bonds is 4. The number of thiazole rings is 1. The summed E-state index contributed by atoms with van der Waals surface area (Å²) in [4.78, 5) is 20.1. The zero-order valence-corrected chi connectivity index (χ0v) is 11.9. The van der Waals surface area contributed by atoms with Crippen LogP contribution in [-0.4, -0.2) is 22.5 Å². The lowest BCUT2D eigenvalue weighted by Crippen LogP contribution is -2.04. The average Bonchev–Trinajstić information content (AvgIpc) is 2.98. The van der Waals surface area contributed by atoms with Crippen LogP contribution < -0.4 is 0 Å². The van der Waals surface area contributed by atoms with Crippen LogP contribution in [0.1, 0.15) is 28.0 Å². The van der Waals surface area contributed by atoms with Gasteiger partial charge in [-0.1, -0.05) is 30.3 Å². The SMILES string of the molecule is CCOC(=O)c1cc2nc(Cc3ccccc3)sc2[nH]1. The Hall–Kier alpha value is -2.14. The summed E-state index contributed by atoms with van der Waals surface area (Å²) in [6.45, 7) is 2.16. The lowest BCUT2D eigenvalue weighted by molar-refractivity contribution is 0.0520. The van der Waals surface area contributed by atoms with Gasteiger partial charge in [0.2, 0.25) is 0 Å². The van der Waals surface area contributed by atoms with Crippen molar-refractivity contribution in [2.75, 3.05) is 6.61 Å². The number of hydrogen-bond acceptors (Lipinski definition) is 4. The van der Waals surface area contributed by atoms with Crippen LogP contribution in [0.3, 0.4) is 0 Å². The molecule has 4 nitrogen and oxygen atoms in total. The van der Waals surface area contributed by atoms with Crippen molar-refractivity contribution in [1.82, 2.24) is 9.97 Å². The quantitative estimate of drug-likeness (QED) is 0.748. The number of carbonyl (C=O) groups is 1. The van der Waals surface area contributed by atoms with E-state index < -0.39 is 0 Å². The van der Waals surface area contributed by atoms with Gasteiger partial charge in [0.1, 0.15) is 16.0 Å². The molecule has 0 aliphatic carbocycles. The van der Waals surface area contributed by atoms with Crippen molar-refractivity contribution < 1.29 is 9.53 Å². The van der Waals surface area contributed by atoms with E-state index in [-0.39, 0.29) is 5.97 Å². The average molecular weight is 286 g/mol. The van der Waals surface area contributed by atoms with Gasteiger partial charge < -0.3 is 9.72 Å². The molecule has 0 bridgehead atoms. The van der Waals surface area contributed by atoms with E-state index in [1.54, 1.807) is 24.3 Å². The number of nitrogens with zero attached hydrogens (tertiary/aromatic N) is 1. The fraction of sp³-hybridized carbons (Fsp3) is 0.200. The Balaban J connectivity index is 1.82. The van der Waals surface area contributed by atoms with Crippen molar-refractivity contribution in [3.8, 4) is 0 Å². The molecule has 0 atom stereocenters. The first-order valence-corrected chi connectivity index (χ1v) is 7.27. The number of aromatic nitrogens is 2. The first-order chi connectivity index (χ1) is 9.76. The molecule has 0 spiro atoms. The van der Waals surface area contributed by atoms with Gasteiger partial charge in [0.15, 0.2) is 0 Å². The van der Waals surface area contributed by atoms with Crippen molar-refractivity contribution in [1.29, 1.82) is 0 Å². The molecule has 0 unspecified atom stereocenters. The van der Waals surface area contributed by atoms with Gasteiger partial charge in [-0.05, 0) is 18.6 Å². The highest BCUT2D eigenvalue weighted by molar-refractivity contribution is 7.18. The molecule has 0 aliphatic rings. The third kappa shape index (κ3) is 2.58. The Kier molecular flexibility index (Phi) is 3.52. The number of benzene rings is 1. The molecule has 0 aliphatic heterocycles. The molecule has 0 saturated carbocycles. The van der Waals surface area contributed by atoms with Crippen LogP contribution in [0, 0.1) is 0 Å². The van der Waals surface area contributed by atoms with Gasteiger partial charge >= 0.3 is 5.97 Å². The first kappa shape index (κ1) is 12.9. The molecule has 20 heavy (non-hydrogen) atoms. The van der Waals surface area contributed by atoms with Gasteiger partial charge in [0.25, 0.3) is 0 Å². The molecule has 3 rings (SSSR count). The number of aromatic amines is 1. The predicted octanol–water partition coefficient (Wildman–Crippen LogP) is 3.39. The standard InChI is InChI=1S/C15H14N2O2S/c1-2-19-15(18)12-9-11-14(17-12)20-13(16-11)8-10-6-4-3-5-7-10/h3-7,9,17H,2,8H2,1H3. The maximum absolute atomic E-state index is 11.6. The number of esters is 1. The summed E-state index contributed by atoms with van der Waals surface area (Å²) in [6, 6.07) is 12.0. The molecule has 1 aromatic carbocycles. The first-order valence-electron chi connectivity index (χ1n) is 6.45. The number of carbonyl (C=O) groups excluding carboxylic acids is 1. The Morgan fingerprint density at radius 1 is 1.35 bits per heavy atom. The topological polar surface area (TPSA) is 55.0 Å². The summed E-state index contributed by atoms with van der Waals surface area (Å²) in [5.74, 6) is -0.331. The summed E-state index contributed by atoms with van der Waals surface area (Å²) in [5.41, 5.74) is 2.52. The van der Waals surface area contributed by atoms with E-state index in [0.29, 0.717) is 12.3 Å². The van der Waals surface area contributed by atoms with Crippen molar-refractivity contribution in [3.05, 3.63) is 52.7 Å². The van der Waals surface area contributed by atoms with Crippen LogP contribution in [0.4, 0.5) is 0 Å². The molecule has 0 fully saturated rings. The molecular weight excluding hydrogens is 272 g/mol. The maximum atomic E-state index is 11.6. The Morgan fingerprint density at radius 2 is 2.15 bits per heavy atom. The molecule has 102 valence electrons. The molecule has 0 amide bonds. The van der Waals surface area contributed by atoms with Crippen LogP contribution in [-0.2, 0) is 11.2 Å². The van der Waals surface area contributed by atoms with E-state index in [2.05, 4.69) is 22.1 Å². The molecule has 1 N–H and O–H groups in total. The highest BCUT2D eigenvalue weighted by Gasteiger charge is 2.13. The molecule has 0 saturated heterocycles. The van der Waals surface area contributed by atoms with Gasteiger partial charge in [-0.2, -0.15) is 0 Å². The van der Waals surface area contributed by atoms with Gasteiger partial charge in [0, 0.05) is 6.42 Å². The lowest BCUT2D eigenvalue weighted by Gasteiger charge is -1.97. The second kappa shape index (κ2) is 5.46. The lowest BCUT2D eigenvalue weighted by atomic mass is 10.2. The zero-order valence-electron chi connectivity index (χ0n) is 11.1. The van der Waals surface area contributed by atoms with Crippen LogP contribution >= 0.6 is 11.3 Å². The van der Waals surface area contributed by atoms with E-state index in [1.165, 1.54) is 5.56 Å². The van der Waals surface area contributed by atoms with Crippen LogP contribution in [0.25, 0.3) is 10.3 Å². The minimum absolute atomic E-state index is 0.331. The summed E-state index contributed by atoms with van der Waals surface area (Å²) < 4.78 is 4.96. The van der Waals surface area contributed by atoms with Gasteiger partial charge in [-0.25, -0.2) is 9.78 Å². The normalized spacial score (nSPS) is 10.8. The summed E-state index contributed by atoms with van der Waals surface area (Å²) in [5, 5.41) is 1.04. The third-order valence-corrected chi connectivity index (χ3v) is 3.91. The maximum Gasteiger partial charge on any atom is 0.354 e. The van der Waals surface area contributed by atoms with Crippen LogP contribution in [0.5, 0.6) is 0 Å². The largest absolute Gasteiger partial charge is 0.461 e. The fourth-order valence-corrected chi connectivity index (χ4v) is 3.01. The van der Waals surface area contributed by atoms with E-state index >= 15 is 0 Å². The van der Waals surface area contributed by atoms with Crippen molar-refractivity contribution in [2.24, 2.45) is 0 Å². The number of H-pyrrole nitrogens is 1. The summed E-state index contributed by atoms with van der Waals surface area (Å²) >= 11 is 1.57. The zero-order chi connectivity index (χ0) is 13.9. The van der Waals surface area contributed by atoms with E-state index in [4.69, 9.17) is 4.74 Å². The second-order valence-corrected chi connectivity index (χ2v) is 5.47. The molecular formula is C15H14N2O2S.